The van der Waals surface area contributed by atoms with Crippen molar-refractivity contribution in [2.45, 2.75) is 64.7 Å². The van der Waals surface area contributed by atoms with Crippen molar-refractivity contribution in [3.63, 3.8) is 0 Å². The number of rotatable bonds is 5. The summed E-state index contributed by atoms with van der Waals surface area (Å²) in [5, 5.41) is 0.344. The maximum absolute atomic E-state index is 4.60. The molecule has 0 aromatic carbocycles. The Bertz CT molecular complexity index is 315. The van der Waals surface area contributed by atoms with Crippen LogP contribution >= 0.6 is 7.92 Å². The zero-order chi connectivity index (χ0) is 12.9. The van der Waals surface area contributed by atoms with Gasteiger partial charge in [0.05, 0.1) is 5.44 Å². The molecule has 1 rings (SSSR count). The summed E-state index contributed by atoms with van der Waals surface area (Å²) in [7, 11) is -0.181. The zero-order valence-electron chi connectivity index (χ0n) is 11.9. The first-order valence-corrected chi connectivity index (χ1v) is 8.08. The molecule has 1 aromatic rings. The molecule has 0 fully saturated rings. The van der Waals surface area contributed by atoms with Gasteiger partial charge in [0.15, 0.2) is 0 Å². The van der Waals surface area contributed by atoms with Crippen LogP contribution in [0.25, 0.3) is 0 Å². The summed E-state index contributed by atoms with van der Waals surface area (Å²) in [6.07, 6.45) is 5.89. The number of hydrogen-bond donors (Lipinski definition) is 0. The summed E-state index contributed by atoms with van der Waals surface area (Å²) < 4.78 is 0. The van der Waals surface area contributed by atoms with E-state index in [9.17, 15) is 0 Å². The quantitative estimate of drug-likeness (QED) is 0.699. The highest BCUT2D eigenvalue weighted by Gasteiger charge is 2.31. The van der Waals surface area contributed by atoms with E-state index in [1.807, 2.05) is 12.3 Å². The van der Waals surface area contributed by atoms with Crippen LogP contribution in [0.1, 0.15) is 53.9 Å². The van der Waals surface area contributed by atoms with Crippen LogP contribution in [-0.2, 0) is 0 Å². The predicted octanol–water partition coefficient (Wildman–Crippen LogP) is 4.57. The van der Waals surface area contributed by atoms with E-state index in [1.165, 1.54) is 24.7 Å². The Labute approximate surface area is 108 Å². The molecule has 0 N–H and O–H groups in total. The summed E-state index contributed by atoms with van der Waals surface area (Å²) in [5.41, 5.74) is 2.08. The Hall–Kier alpha value is -0.420. The molecule has 17 heavy (non-hydrogen) atoms. The molecule has 0 aliphatic rings. The van der Waals surface area contributed by atoms with E-state index in [2.05, 4.69) is 51.7 Å². The summed E-state index contributed by atoms with van der Waals surface area (Å²) in [6.45, 7) is 11.7. The fourth-order valence-electron chi connectivity index (χ4n) is 2.36. The van der Waals surface area contributed by atoms with Gasteiger partial charge in [0.2, 0.25) is 0 Å². The van der Waals surface area contributed by atoms with Crippen molar-refractivity contribution in [2.75, 3.05) is 0 Å². The summed E-state index contributed by atoms with van der Waals surface area (Å²) in [5.74, 6) is 0. The summed E-state index contributed by atoms with van der Waals surface area (Å²) >= 11 is 0. The van der Waals surface area contributed by atoms with Crippen LogP contribution in [0.4, 0.5) is 0 Å². The van der Waals surface area contributed by atoms with Crippen LogP contribution in [0.3, 0.4) is 0 Å². The molecule has 2 atom stereocenters. The minimum absolute atomic E-state index is 0.181. The van der Waals surface area contributed by atoms with E-state index in [-0.39, 0.29) is 7.92 Å². The van der Waals surface area contributed by atoms with Gasteiger partial charge in [0.1, 0.15) is 0 Å². The average Bonchev–Trinajstić information content (AvgIpc) is 2.26. The van der Waals surface area contributed by atoms with E-state index >= 15 is 0 Å². The van der Waals surface area contributed by atoms with Crippen LogP contribution in [0, 0.1) is 0 Å². The molecule has 1 nitrogen and oxygen atoms in total. The lowest BCUT2D eigenvalue weighted by Crippen LogP contribution is -2.27. The lowest BCUT2D eigenvalue weighted by molar-refractivity contribution is 0.688. The van der Waals surface area contributed by atoms with Crippen molar-refractivity contribution in [1.82, 2.24) is 4.98 Å². The van der Waals surface area contributed by atoms with Gasteiger partial charge in [-0.15, -0.1) is 0 Å². The van der Waals surface area contributed by atoms with Crippen molar-refractivity contribution in [3.8, 4) is 0 Å². The van der Waals surface area contributed by atoms with Crippen molar-refractivity contribution in [1.29, 1.82) is 0 Å². The van der Waals surface area contributed by atoms with Crippen LogP contribution in [-0.4, -0.2) is 15.8 Å². The van der Waals surface area contributed by atoms with Gasteiger partial charge >= 0.3 is 0 Å². The molecule has 0 saturated heterocycles. The molecule has 0 aliphatic heterocycles. The van der Waals surface area contributed by atoms with Crippen molar-refractivity contribution < 1.29 is 0 Å². The summed E-state index contributed by atoms with van der Waals surface area (Å²) in [4.78, 5) is 4.60. The Morgan fingerprint density at radius 1 is 1.29 bits per heavy atom. The normalized spacial score (nSPS) is 15.6. The number of aromatic nitrogens is 1. The third-order valence-electron chi connectivity index (χ3n) is 3.04. The molecular weight excluding hydrogens is 225 g/mol. The molecular formula is C15H26NP. The molecule has 1 heterocycles. The van der Waals surface area contributed by atoms with Crippen LogP contribution in [0.15, 0.2) is 24.4 Å². The first-order chi connectivity index (χ1) is 7.96. The van der Waals surface area contributed by atoms with Gasteiger partial charge in [0.25, 0.3) is 0 Å². The maximum atomic E-state index is 4.60. The maximum Gasteiger partial charge on any atom is 0.0638 e. The molecule has 2 heteroatoms. The van der Waals surface area contributed by atoms with E-state index < -0.39 is 0 Å². The molecule has 0 spiro atoms. The largest absolute Gasteiger partial charge is 0.257 e. The second-order valence-electron chi connectivity index (χ2n) is 5.72. The van der Waals surface area contributed by atoms with Gasteiger partial charge in [-0.25, -0.2) is 0 Å². The third kappa shape index (κ3) is 4.39. The Balaban J connectivity index is 2.89. The third-order valence-corrected chi connectivity index (χ3v) is 6.38. The monoisotopic (exact) mass is 251 g/mol. The highest BCUT2D eigenvalue weighted by Crippen LogP contribution is 2.53. The number of nitrogens with zero attached hydrogens (tertiary/aromatic N) is 1. The van der Waals surface area contributed by atoms with E-state index in [1.54, 1.807) is 0 Å². The van der Waals surface area contributed by atoms with Crippen LogP contribution in [0.2, 0.25) is 0 Å². The van der Waals surface area contributed by atoms with Gasteiger partial charge in [-0.3, -0.25) is 4.98 Å². The van der Waals surface area contributed by atoms with Crippen molar-refractivity contribution in [3.05, 3.63) is 24.4 Å². The molecule has 0 bridgehead atoms. The first kappa shape index (κ1) is 14.6. The van der Waals surface area contributed by atoms with Crippen molar-refractivity contribution >= 4 is 13.4 Å². The smallest absolute Gasteiger partial charge is 0.0638 e. The molecule has 0 aliphatic carbocycles. The second-order valence-corrected chi connectivity index (χ2v) is 9.14. The van der Waals surface area contributed by atoms with Gasteiger partial charge in [-0.05, 0) is 37.3 Å². The number of pyridine rings is 1. The number of hydrogen-bond acceptors (Lipinski definition) is 1. The van der Waals surface area contributed by atoms with Gasteiger partial charge < -0.3 is 0 Å². The minimum Gasteiger partial charge on any atom is -0.257 e. The Morgan fingerprint density at radius 2 is 2.00 bits per heavy atom. The lowest BCUT2D eigenvalue weighted by Gasteiger charge is -2.35. The molecule has 0 amide bonds. The highest BCUT2D eigenvalue weighted by atomic mass is 31.1. The van der Waals surface area contributed by atoms with E-state index in [4.69, 9.17) is 0 Å². The average molecular weight is 251 g/mol. The summed E-state index contributed by atoms with van der Waals surface area (Å²) in [6, 6.07) is 6.34. The predicted molar refractivity (Wildman–Crippen MR) is 79.5 cm³/mol. The minimum atomic E-state index is -0.181. The molecule has 0 saturated carbocycles. The van der Waals surface area contributed by atoms with Gasteiger partial charge in [0, 0.05) is 6.20 Å². The zero-order valence-corrected chi connectivity index (χ0v) is 12.8. The van der Waals surface area contributed by atoms with Crippen LogP contribution < -0.4 is 5.44 Å². The fraction of sp³-hybridized carbons (Fsp3) is 0.667. The highest BCUT2D eigenvalue weighted by molar-refractivity contribution is 7.67. The van der Waals surface area contributed by atoms with Crippen LogP contribution in [0.5, 0.6) is 0 Å². The fourth-order valence-corrected chi connectivity index (χ4v) is 5.70. The second kappa shape index (κ2) is 6.50. The molecule has 96 valence electrons. The molecule has 1 unspecified atom stereocenters. The standard InChI is InChI=1S/C15H26NP/c1-6-7-10-13(2)17(15(3,4)5)14-11-8-9-12-16-14/h8-9,11-13H,6-7,10H2,1-5H3/t13-,17?/m0/s1. The van der Waals surface area contributed by atoms with E-state index in [0.29, 0.717) is 5.16 Å². The topological polar surface area (TPSA) is 12.9 Å². The van der Waals surface area contributed by atoms with Gasteiger partial charge in [-0.2, -0.15) is 0 Å². The number of unbranched alkanes of at least 4 members (excludes halogenated alkanes) is 1. The SMILES string of the molecule is CCCC[C@H](C)P(c1ccccn1)C(C)(C)C. The molecule has 0 radical (unpaired) electrons. The first-order valence-electron chi connectivity index (χ1n) is 6.67. The lowest BCUT2D eigenvalue weighted by atomic mass is 10.2. The Kier molecular flexibility index (Phi) is 5.59. The van der Waals surface area contributed by atoms with Gasteiger partial charge in [-0.1, -0.05) is 53.5 Å². The molecule has 1 aromatic heterocycles. The van der Waals surface area contributed by atoms with Crippen molar-refractivity contribution in [2.24, 2.45) is 0 Å². The van der Waals surface area contributed by atoms with E-state index in [0.717, 1.165) is 5.66 Å². The Morgan fingerprint density at radius 3 is 2.47 bits per heavy atom.